The van der Waals surface area contributed by atoms with Crippen molar-refractivity contribution in [2.75, 3.05) is 13.2 Å². The molecule has 1 aromatic rings. The maximum Gasteiger partial charge on any atom is 0.0587 e. The van der Waals surface area contributed by atoms with Gasteiger partial charge in [-0.3, -0.25) is 4.90 Å². The minimum absolute atomic E-state index is 0.296. The number of aliphatic hydroxyl groups is 1. The van der Waals surface area contributed by atoms with Gasteiger partial charge >= 0.3 is 0 Å². The van der Waals surface area contributed by atoms with Crippen molar-refractivity contribution in [2.45, 2.75) is 39.3 Å². The molecule has 98 valence electrons. The van der Waals surface area contributed by atoms with Crippen LogP contribution < -0.4 is 0 Å². The van der Waals surface area contributed by atoms with Crippen LogP contribution in [-0.4, -0.2) is 29.2 Å². The van der Waals surface area contributed by atoms with E-state index in [-0.39, 0.29) is 0 Å². The molecule has 0 radical (unpaired) electrons. The van der Waals surface area contributed by atoms with Crippen LogP contribution in [0.2, 0.25) is 0 Å². The fourth-order valence-electron chi connectivity index (χ4n) is 3.77. The molecule has 2 aliphatic rings. The molecule has 1 aliphatic heterocycles. The predicted octanol–water partition coefficient (Wildman–Crippen LogP) is 2.67. The van der Waals surface area contributed by atoms with E-state index in [4.69, 9.17) is 0 Å². The number of nitrogens with zero attached hydrogens (tertiary/aromatic N) is 1. The lowest BCUT2D eigenvalue weighted by molar-refractivity contribution is 0.153. The summed E-state index contributed by atoms with van der Waals surface area (Å²) in [5.41, 5.74) is 2.31. The number of rotatable bonds is 3. The van der Waals surface area contributed by atoms with Crippen LogP contribution in [0.5, 0.6) is 0 Å². The van der Waals surface area contributed by atoms with Crippen LogP contribution in [0.4, 0.5) is 0 Å². The third kappa shape index (κ3) is 1.88. The van der Waals surface area contributed by atoms with E-state index >= 15 is 0 Å². The van der Waals surface area contributed by atoms with Gasteiger partial charge in [0.05, 0.1) is 6.61 Å². The maximum atomic E-state index is 9.60. The molecular formula is C16H23NO. The van der Waals surface area contributed by atoms with Gasteiger partial charge < -0.3 is 5.11 Å². The summed E-state index contributed by atoms with van der Waals surface area (Å²) in [6.07, 6.45) is 2.49. The molecule has 1 N–H and O–H groups in total. The Labute approximate surface area is 110 Å². The van der Waals surface area contributed by atoms with Gasteiger partial charge in [0.1, 0.15) is 0 Å². The highest BCUT2D eigenvalue weighted by molar-refractivity contribution is 5.19. The number of hydrogen-bond donors (Lipinski definition) is 1. The van der Waals surface area contributed by atoms with Crippen LogP contribution in [0, 0.1) is 10.8 Å². The molecule has 0 aromatic heterocycles. The van der Waals surface area contributed by atoms with Crippen molar-refractivity contribution in [3.8, 4) is 0 Å². The Bertz CT molecular complexity index is 428. The van der Waals surface area contributed by atoms with E-state index in [2.05, 4.69) is 49.1 Å². The van der Waals surface area contributed by atoms with Crippen molar-refractivity contribution in [1.29, 1.82) is 0 Å². The lowest BCUT2D eigenvalue weighted by Gasteiger charge is -2.22. The standard InChI is InChI=1S/C16H23NO/c1-15(2)11-16(15)8-14(10-18)17(12-16)9-13-6-4-3-5-7-13/h3-7,14,18H,8-12H2,1-2H3. The van der Waals surface area contributed by atoms with Crippen LogP contribution >= 0.6 is 0 Å². The number of aliphatic hydroxyl groups excluding tert-OH is 1. The summed E-state index contributed by atoms with van der Waals surface area (Å²) in [5, 5.41) is 9.60. The molecule has 2 fully saturated rings. The van der Waals surface area contributed by atoms with Gasteiger partial charge in [0.15, 0.2) is 0 Å². The molecule has 2 unspecified atom stereocenters. The molecule has 1 spiro atoms. The Kier molecular flexibility index (Phi) is 2.76. The summed E-state index contributed by atoms with van der Waals surface area (Å²) in [6, 6.07) is 11.0. The lowest BCUT2D eigenvalue weighted by Crippen LogP contribution is -2.31. The summed E-state index contributed by atoms with van der Waals surface area (Å²) in [5.74, 6) is 0. The van der Waals surface area contributed by atoms with Crippen molar-refractivity contribution >= 4 is 0 Å². The van der Waals surface area contributed by atoms with Gasteiger partial charge in [-0.15, -0.1) is 0 Å². The highest BCUT2D eigenvalue weighted by Gasteiger charge is 2.65. The summed E-state index contributed by atoms with van der Waals surface area (Å²) in [4.78, 5) is 2.48. The van der Waals surface area contributed by atoms with Gasteiger partial charge in [-0.05, 0) is 29.2 Å². The Hall–Kier alpha value is -0.860. The first kappa shape index (κ1) is 12.2. The summed E-state index contributed by atoms with van der Waals surface area (Å²) >= 11 is 0. The molecule has 1 heterocycles. The van der Waals surface area contributed by atoms with E-state index in [0.29, 0.717) is 23.5 Å². The Morgan fingerprint density at radius 2 is 1.94 bits per heavy atom. The fraction of sp³-hybridized carbons (Fsp3) is 0.625. The predicted molar refractivity (Wildman–Crippen MR) is 73.2 cm³/mol. The topological polar surface area (TPSA) is 23.5 Å². The lowest BCUT2D eigenvalue weighted by atomic mass is 9.93. The molecule has 1 saturated heterocycles. The normalized spacial score (nSPS) is 34.1. The first-order chi connectivity index (χ1) is 8.56. The minimum Gasteiger partial charge on any atom is -0.395 e. The number of benzene rings is 1. The van der Waals surface area contributed by atoms with Crippen LogP contribution in [0.25, 0.3) is 0 Å². The molecule has 0 amide bonds. The minimum atomic E-state index is 0.296. The zero-order chi connectivity index (χ0) is 12.8. The van der Waals surface area contributed by atoms with E-state index in [1.165, 1.54) is 18.4 Å². The third-order valence-electron chi connectivity index (χ3n) is 5.18. The molecule has 1 saturated carbocycles. The van der Waals surface area contributed by atoms with Crippen molar-refractivity contribution in [2.24, 2.45) is 10.8 Å². The molecule has 3 rings (SSSR count). The summed E-state index contributed by atoms with van der Waals surface area (Å²) in [6.45, 7) is 7.16. The molecule has 1 aromatic carbocycles. The van der Waals surface area contributed by atoms with Crippen LogP contribution in [0.1, 0.15) is 32.3 Å². The highest BCUT2D eigenvalue weighted by Crippen LogP contribution is 2.68. The smallest absolute Gasteiger partial charge is 0.0587 e. The Balaban J connectivity index is 1.73. The SMILES string of the molecule is CC1(C)CC12CC(CO)N(Cc1ccccc1)C2. The fourth-order valence-corrected chi connectivity index (χ4v) is 3.77. The average molecular weight is 245 g/mol. The third-order valence-corrected chi connectivity index (χ3v) is 5.18. The molecule has 1 aliphatic carbocycles. The van der Waals surface area contributed by atoms with Crippen molar-refractivity contribution < 1.29 is 5.11 Å². The zero-order valence-electron chi connectivity index (χ0n) is 11.4. The largest absolute Gasteiger partial charge is 0.395 e. The second kappa shape index (κ2) is 4.07. The molecule has 0 bridgehead atoms. The maximum absolute atomic E-state index is 9.60. The summed E-state index contributed by atoms with van der Waals surface area (Å²) < 4.78 is 0. The van der Waals surface area contributed by atoms with Crippen LogP contribution in [0.15, 0.2) is 30.3 Å². The van der Waals surface area contributed by atoms with E-state index in [9.17, 15) is 5.11 Å². The van der Waals surface area contributed by atoms with Gasteiger partial charge in [-0.2, -0.15) is 0 Å². The van der Waals surface area contributed by atoms with Crippen LogP contribution in [0.3, 0.4) is 0 Å². The van der Waals surface area contributed by atoms with Crippen LogP contribution in [-0.2, 0) is 6.54 Å². The second-order valence-corrected chi connectivity index (χ2v) is 6.77. The quantitative estimate of drug-likeness (QED) is 0.885. The Morgan fingerprint density at radius 1 is 1.28 bits per heavy atom. The van der Waals surface area contributed by atoms with Gasteiger partial charge in [-0.25, -0.2) is 0 Å². The van der Waals surface area contributed by atoms with Gasteiger partial charge in [0.25, 0.3) is 0 Å². The Morgan fingerprint density at radius 3 is 2.50 bits per heavy atom. The van der Waals surface area contributed by atoms with Gasteiger partial charge in [0, 0.05) is 19.1 Å². The first-order valence-electron chi connectivity index (χ1n) is 6.95. The van der Waals surface area contributed by atoms with Gasteiger partial charge in [0.2, 0.25) is 0 Å². The molecular weight excluding hydrogens is 222 g/mol. The zero-order valence-corrected chi connectivity index (χ0v) is 11.4. The van der Waals surface area contributed by atoms with Crippen molar-refractivity contribution in [3.05, 3.63) is 35.9 Å². The number of hydrogen-bond acceptors (Lipinski definition) is 2. The van der Waals surface area contributed by atoms with E-state index in [1.807, 2.05) is 0 Å². The van der Waals surface area contributed by atoms with Crippen molar-refractivity contribution in [3.63, 3.8) is 0 Å². The molecule has 18 heavy (non-hydrogen) atoms. The molecule has 2 heteroatoms. The molecule has 2 nitrogen and oxygen atoms in total. The monoisotopic (exact) mass is 245 g/mol. The first-order valence-corrected chi connectivity index (χ1v) is 6.95. The summed E-state index contributed by atoms with van der Waals surface area (Å²) in [7, 11) is 0. The van der Waals surface area contributed by atoms with E-state index in [0.717, 1.165) is 13.1 Å². The number of likely N-dealkylation sites (tertiary alicyclic amines) is 1. The van der Waals surface area contributed by atoms with Gasteiger partial charge in [-0.1, -0.05) is 44.2 Å². The average Bonchev–Trinajstić information content (AvgIpc) is 2.69. The van der Waals surface area contributed by atoms with E-state index in [1.54, 1.807) is 0 Å². The second-order valence-electron chi connectivity index (χ2n) is 6.77. The van der Waals surface area contributed by atoms with Crippen molar-refractivity contribution in [1.82, 2.24) is 4.90 Å². The highest BCUT2D eigenvalue weighted by atomic mass is 16.3. The van der Waals surface area contributed by atoms with E-state index < -0.39 is 0 Å². The molecule has 2 atom stereocenters.